The number of aliphatic hydroxyl groups excluding tert-OH is 1. The molecule has 3 heterocycles. The van der Waals surface area contributed by atoms with E-state index < -0.39 is 0 Å². The van der Waals surface area contributed by atoms with Crippen LogP contribution in [0.15, 0.2) is 17.5 Å². The van der Waals surface area contributed by atoms with E-state index in [4.69, 9.17) is 10.1 Å². The van der Waals surface area contributed by atoms with Gasteiger partial charge in [-0.25, -0.2) is 9.50 Å². The van der Waals surface area contributed by atoms with Crippen LogP contribution in [-0.4, -0.2) is 19.7 Å². The standard InChI is InChI=1S/C15H17N3OS2/c19-9-11-13(12-7-4-8-20-12)16-15-18(11)17-14(21-15)10-5-2-1-3-6-10/h4,7-8,10,19H,1-3,5-6,9H2. The summed E-state index contributed by atoms with van der Waals surface area (Å²) >= 11 is 3.33. The maximum atomic E-state index is 9.73. The van der Waals surface area contributed by atoms with Crippen molar-refractivity contribution >= 4 is 27.6 Å². The molecule has 3 aromatic heterocycles. The Bertz CT molecular complexity index is 738. The summed E-state index contributed by atoms with van der Waals surface area (Å²) in [5.41, 5.74) is 1.69. The number of fused-ring (bicyclic) bond motifs is 1. The number of aromatic nitrogens is 3. The van der Waals surface area contributed by atoms with Crippen molar-refractivity contribution in [3.05, 3.63) is 28.2 Å². The lowest BCUT2D eigenvalue weighted by molar-refractivity contribution is 0.274. The lowest BCUT2D eigenvalue weighted by atomic mass is 9.90. The first-order valence-electron chi connectivity index (χ1n) is 7.40. The van der Waals surface area contributed by atoms with Gasteiger partial charge >= 0.3 is 0 Å². The van der Waals surface area contributed by atoms with Crippen LogP contribution in [0.4, 0.5) is 0 Å². The second-order valence-corrected chi connectivity index (χ2v) is 7.45. The highest BCUT2D eigenvalue weighted by atomic mass is 32.1. The molecule has 4 rings (SSSR count). The third-order valence-corrected chi connectivity index (χ3v) is 6.12. The second-order valence-electron chi connectivity index (χ2n) is 5.51. The molecule has 1 saturated carbocycles. The molecule has 4 nitrogen and oxygen atoms in total. The molecule has 0 spiro atoms. The Labute approximate surface area is 131 Å². The molecule has 0 aromatic carbocycles. The highest BCUT2D eigenvalue weighted by Gasteiger charge is 2.23. The van der Waals surface area contributed by atoms with Gasteiger partial charge in [-0.3, -0.25) is 0 Å². The number of rotatable bonds is 3. The quantitative estimate of drug-likeness (QED) is 0.792. The first-order valence-corrected chi connectivity index (χ1v) is 9.09. The van der Waals surface area contributed by atoms with Gasteiger partial charge in [-0.1, -0.05) is 36.7 Å². The maximum absolute atomic E-state index is 9.73. The molecule has 0 unspecified atom stereocenters. The lowest BCUT2D eigenvalue weighted by Gasteiger charge is -2.18. The summed E-state index contributed by atoms with van der Waals surface area (Å²) in [6.07, 6.45) is 6.44. The van der Waals surface area contributed by atoms with Crippen molar-refractivity contribution in [1.29, 1.82) is 0 Å². The minimum Gasteiger partial charge on any atom is -0.390 e. The molecule has 1 aliphatic rings. The summed E-state index contributed by atoms with van der Waals surface area (Å²) in [6, 6.07) is 4.05. The summed E-state index contributed by atoms with van der Waals surface area (Å²) in [6.45, 7) is -0.0256. The van der Waals surface area contributed by atoms with Gasteiger partial charge in [0.15, 0.2) is 0 Å². The van der Waals surface area contributed by atoms with Crippen molar-refractivity contribution in [3.63, 3.8) is 0 Å². The lowest BCUT2D eigenvalue weighted by Crippen LogP contribution is -2.05. The van der Waals surface area contributed by atoms with E-state index in [0.717, 1.165) is 21.2 Å². The molecule has 0 aliphatic heterocycles. The minimum absolute atomic E-state index is 0.0256. The van der Waals surface area contributed by atoms with E-state index in [9.17, 15) is 5.11 Å². The van der Waals surface area contributed by atoms with Crippen molar-refractivity contribution in [2.24, 2.45) is 0 Å². The van der Waals surface area contributed by atoms with E-state index in [1.54, 1.807) is 22.7 Å². The van der Waals surface area contributed by atoms with Crippen LogP contribution in [0.5, 0.6) is 0 Å². The average Bonchev–Trinajstić information content (AvgIpc) is 3.22. The van der Waals surface area contributed by atoms with E-state index in [-0.39, 0.29) is 6.61 Å². The van der Waals surface area contributed by atoms with Crippen molar-refractivity contribution in [3.8, 4) is 10.6 Å². The Morgan fingerprint density at radius 2 is 2.14 bits per heavy atom. The highest BCUT2D eigenvalue weighted by Crippen LogP contribution is 2.36. The summed E-state index contributed by atoms with van der Waals surface area (Å²) in [4.78, 5) is 6.71. The van der Waals surface area contributed by atoms with Crippen molar-refractivity contribution < 1.29 is 5.11 Å². The topological polar surface area (TPSA) is 50.4 Å². The second kappa shape index (κ2) is 5.51. The Kier molecular flexibility index (Phi) is 3.52. The zero-order valence-electron chi connectivity index (χ0n) is 11.7. The van der Waals surface area contributed by atoms with E-state index in [1.807, 2.05) is 22.0 Å². The van der Waals surface area contributed by atoms with Crippen LogP contribution >= 0.6 is 22.7 Å². The fourth-order valence-corrected chi connectivity index (χ4v) is 4.89. The first-order chi connectivity index (χ1) is 10.4. The first kappa shape index (κ1) is 13.4. The van der Waals surface area contributed by atoms with Crippen LogP contribution in [0.2, 0.25) is 0 Å². The van der Waals surface area contributed by atoms with Gasteiger partial charge in [0, 0.05) is 5.92 Å². The Balaban J connectivity index is 1.77. The predicted octanol–water partition coefficient (Wildman–Crippen LogP) is 4.06. The van der Waals surface area contributed by atoms with E-state index in [2.05, 4.69) is 0 Å². The third-order valence-electron chi connectivity index (χ3n) is 4.17. The SMILES string of the molecule is OCc1c(-c2cccs2)nc2sc(C3CCCCC3)nn12. The average molecular weight is 319 g/mol. The Hall–Kier alpha value is -1.24. The number of hydrogen-bond acceptors (Lipinski definition) is 5. The zero-order valence-corrected chi connectivity index (χ0v) is 13.3. The summed E-state index contributed by atoms with van der Waals surface area (Å²) in [7, 11) is 0. The molecule has 0 atom stereocenters. The smallest absolute Gasteiger partial charge is 0.213 e. The number of aliphatic hydroxyl groups is 1. The molecule has 6 heteroatoms. The molecule has 0 radical (unpaired) electrons. The van der Waals surface area contributed by atoms with E-state index in [1.165, 1.54) is 37.1 Å². The van der Waals surface area contributed by atoms with Crippen molar-refractivity contribution in [1.82, 2.24) is 14.6 Å². The van der Waals surface area contributed by atoms with E-state index in [0.29, 0.717) is 5.92 Å². The van der Waals surface area contributed by atoms with Gasteiger partial charge in [0.2, 0.25) is 4.96 Å². The molecule has 21 heavy (non-hydrogen) atoms. The van der Waals surface area contributed by atoms with Crippen LogP contribution in [0.3, 0.4) is 0 Å². The molecule has 1 N–H and O–H groups in total. The van der Waals surface area contributed by atoms with Crippen LogP contribution in [0, 0.1) is 0 Å². The molecule has 0 saturated heterocycles. The molecule has 1 aliphatic carbocycles. The fraction of sp³-hybridized carbons (Fsp3) is 0.467. The van der Waals surface area contributed by atoms with Gasteiger partial charge < -0.3 is 5.11 Å². The summed E-state index contributed by atoms with van der Waals surface area (Å²) in [5.74, 6) is 0.585. The highest BCUT2D eigenvalue weighted by molar-refractivity contribution is 7.17. The third kappa shape index (κ3) is 2.31. The normalized spacial score (nSPS) is 16.8. The number of hydrogen-bond donors (Lipinski definition) is 1. The van der Waals surface area contributed by atoms with Crippen LogP contribution < -0.4 is 0 Å². The van der Waals surface area contributed by atoms with Gasteiger partial charge in [-0.2, -0.15) is 5.10 Å². The number of nitrogens with zero attached hydrogens (tertiary/aromatic N) is 3. The molecule has 0 amide bonds. The van der Waals surface area contributed by atoms with Crippen LogP contribution in [0.25, 0.3) is 15.5 Å². The summed E-state index contributed by atoms with van der Waals surface area (Å²) in [5, 5.41) is 17.7. The molecule has 0 bridgehead atoms. The van der Waals surface area contributed by atoms with Gasteiger partial charge in [-0.15, -0.1) is 11.3 Å². The maximum Gasteiger partial charge on any atom is 0.213 e. The van der Waals surface area contributed by atoms with Gasteiger partial charge in [0.1, 0.15) is 10.7 Å². The summed E-state index contributed by atoms with van der Waals surface area (Å²) < 4.78 is 1.85. The van der Waals surface area contributed by atoms with E-state index >= 15 is 0 Å². The fourth-order valence-electron chi connectivity index (χ4n) is 3.07. The van der Waals surface area contributed by atoms with Gasteiger partial charge in [0.25, 0.3) is 0 Å². The molecule has 3 aromatic rings. The minimum atomic E-state index is -0.0256. The Morgan fingerprint density at radius 1 is 1.29 bits per heavy atom. The largest absolute Gasteiger partial charge is 0.390 e. The van der Waals surface area contributed by atoms with Crippen LogP contribution in [-0.2, 0) is 6.61 Å². The number of thiophene rings is 1. The van der Waals surface area contributed by atoms with Gasteiger partial charge in [0.05, 0.1) is 17.2 Å². The van der Waals surface area contributed by atoms with Crippen molar-refractivity contribution in [2.75, 3.05) is 0 Å². The molecule has 110 valence electrons. The monoisotopic (exact) mass is 319 g/mol. The predicted molar refractivity (Wildman–Crippen MR) is 85.9 cm³/mol. The van der Waals surface area contributed by atoms with Gasteiger partial charge in [-0.05, 0) is 24.3 Å². The zero-order chi connectivity index (χ0) is 14.2. The van der Waals surface area contributed by atoms with Crippen molar-refractivity contribution in [2.45, 2.75) is 44.6 Å². The molecule has 1 fully saturated rings. The molecular formula is C15H17N3OS2. The molecular weight excluding hydrogens is 302 g/mol. The number of imidazole rings is 1. The Morgan fingerprint density at radius 3 is 2.86 bits per heavy atom. The van der Waals surface area contributed by atoms with Crippen LogP contribution in [0.1, 0.15) is 48.7 Å².